The molecule has 7 nitrogen and oxygen atoms in total. The lowest BCUT2D eigenvalue weighted by molar-refractivity contribution is -0.384. The summed E-state index contributed by atoms with van der Waals surface area (Å²) in [6, 6.07) is 5.31. The third-order valence-corrected chi connectivity index (χ3v) is 5.76. The molecule has 7 heteroatoms. The lowest BCUT2D eigenvalue weighted by Gasteiger charge is -2.36. The number of benzene rings is 1. The van der Waals surface area contributed by atoms with E-state index in [0.717, 1.165) is 38.5 Å². The van der Waals surface area contributed by atoms with Crippen molar-refractivity contribution in [2.45, 2.75) is 57.5 Å². The minimum absolute atomic E-state index is 0.0719. The molecule has 0 aliphatic heterocycles. The zero-order chi connectivity index (χ0) is 19.0. The standard InChI is InChI=1S/C20H24N4O3/c1-14-2-5-16(6-3-14)23(17-7-8-17)20(25)15-4-9-18(19(12-15)24(26)27)22-11-10-21-13-22/h4,9-14,16-17H,2-3,5-8H2,1H3. The Morgan fingerprint density at radius 2 is 1.85 bits per heavy atom. The van der Waals surface area contributed by atoms with Gasteiger partial charge in [0.2, 0.25) is 0 Å². The molecule has 0 unspecified atom stereocenters. The molecule has 2 saturated carbocycles. The molecule has 2 aliphatic rings. The zero-order valence-corrected chi connectivity index (χ0v) is 15.5. The van der Waals surface area contributed by atoms with Crippen LogP contribution in [0.2, 0.25) is 0 Å². The van der Waals surface area contributed by atoms with Gasteiger partial charge in [-0.25, -0.2) is 4.98 Å². The van der Waals surface area contributed by atoms with Crippen molar-refractivity contribution < 1.29 is 9.72 Å². The average Bonchev–Trinajstić information content (AvgIpc) is 3.34. The van der Waals surface area contributed by atoms with Gasteiger partial charge in [0.25, 0.3) is 11.6 Å². The number of hydrogen-bond donors (Lipinski definition) is 0. The number of carbonyl (C=O) groups excluding carboxylic acids is 1. The second kappa shape index (κ2) is 7.13. The van der Waals surface area contributed by atoms with Crippen molar-refractivity contribution in [1.29, 1.82) is 0 Å². The van der Waals surface area contributed by atoms with Crippen LogP contribution in [0, 0.1) is 16.0 Å². The van der Waals surface area contributed by atoms with Gasteiger partial charge in [-0.1, -0.05) is 6.92 Å². The van der Waals surface area contributed by atoms with Crippen molar-refractivity contribution >= 4 is 11.6 Å². The first-order valence-corrected chi connectivity index (χ1v) is 9.64. The molecule has 1 amide bonds. The van der Waals surface area contributed by atoms with Gasteiger partial charge in [-0.15, -0.1) is 0 Å². The van der Waals surface area contributed by atoms with E-state index >= 15 is 0 Å². The summed E-state index contributed by atoms with van der Waals surface area (Å²) >= 11 is 0. The van der Waals surface area contributed by atoms with Crippen LogP contribution in [0.25, 0.3) is 5.69 Å². The van der Waals surface area contributed by atoms with E-state index in [0.29, 0.717) is 23.2 Å². The Hall–Kier alpha value is -2.70. The Bertz CT molecular complexity index is 837. The van der Waals surface area contributed by atoms with E-state index in [1.54, 1.807) is 29.1 Å². The predicted molar refractivity (Wildman–Crippen MR) is 101 cm³/mol. The number of carbonyl (C=O) groups is 1. The largest absolute Gasteiger partial charge is 0.333 e. The van der Waals surface area contributed by atoms with Gasteiger partial charge in [0.15, 0.2) is 0 Å². The SMILES string of the molecule is CC1CCC(N(C(=O)c2ccc(-n3ccnc3)c([N+](=O)[O-])c2)C2CC2)CC1. The van der Waals surface area contributed by atoms with E-state index in [-0.39, 0.29) is 17.6 Å². The fraction of sp³-hybridized carbons (Fsp3) is 0.500. The molecule has 2 aliphatic carbocycles. The summed E-state index contributed by atoms with van der Waals surface area (Å²) in [6.07, 6.45) is 11.1. The Labute approximate surface area is 158 Å². The van der Waals surface area contributed by atoms with Gasteiger partial charge < -0.3 is 9.47 Å². The van der Waals surface area contributed by atoms with E-state index in [1.807, 2.05) is 4.90 Å². The number of nitro benzene ring substituents is 1. The van der Waals surface area contributed by atoms with Crippen LogP contribution in [-0.2, 0) is 0 Å². The Morgan fingerprint density at radius 3 is 2.41 bits per heavy atom. The van der Waals surface area contributed by atoms with Crippen LogP contribution in [0.4, 0.5) is 5.69 Å². The second-order valence-corrected chi connectivity index (χ2v) is 7.79. The summed E-state index contributed by atoms with van der Waals surface area (Å²) in [5, 5.41) is 11.6. The molecule has 1 aromatic heterocycles. The van der Waals surface area contributed by atoms with Gasteiger partial charge in [0, 0.05) is 36.1 Å². The fourth-order valence-electron chi connectivity index (χ4n) is 4.07. The summed E-state index contributed by atoms with van der Waals surface area (Å²) < 4.78 is 1.59. The molecule has 0 saturated heterocycles. The molecular formula is C20H24N4O3. The van der Waals surface area contributed by atoms with Crippen LogP contribution in [0.1, 0.15) is 55.8 Å². The average molecular weight is 368 g/mol. The van der Waals surface area contributed by atoms with Crippen molar-refractivity contribution in [3.8, 4) is 5.69 Å². The maximum atomic E-state index is 13.3. The summed E-state index contributed by atoms with van der Waals surface area (Å²) in [5.74, 6) is 0.644. The van der Waals surface area contributed by atoms with Crippen LogP contribution < -0.4 is 0 Å². The summed E-state index contributed by atoms with van der Waals surface area (Å²) in [7, 11) is 0. The smallest absolute Gasteiger partial charge is 0.294 e. The van der Waals surface area contributed by atoms with Crippen LogP contribution in [-0.4, -0.2) is 37.4 Å². The van der Waals surface area contributed by atoms with Gasteiger partial charge in [-0.3, -0.25) is 14.9 Å². The van der Waals surface area contributed by atoms with Crippen molar-refractivity contribution in [1.82, 2.24) is 14.5 Å². The van der Waals surface area contributed by atoms with Gasteiger partial charge in [0.1, 0.15) is 5.69 Å². The molecule has 0 radical (unpaired) electrons. The Morgan fingerprint density at radius 1 is 1.19 bits per heavy atom. The molecule has 0 atom stereocenters. The first kappa shape index (κ1) is 17.7. The first-order chi connectivity index (χ1) is 13.0. The van der Waals surface area contributed by atoms with Crippen molar-refractivity contribution in [3.05, 3.63) is 52.6 Å². The normalized spacial score (nSPS) is 22.4. The fourth-order valence-corrected chi connectivity index (χ4v) is 4.07. The van der Waals surface area contributed by atoms with Crippen molar-refractivity contribution in [3.63, 3.8) is 0 Å². The molecule has 0 bridgehead atoms. The number of hydrogen-bond acceptors (Lipinski definition) is 4. The van der Waals surface area contributed by atoms with Gasteiger partial charge in [-0.05, 0) is 56.6 Å². The predicted octanol–water partition coefficient (Wildman–Crippen LogP) is 3.96. The summed E-state index contributed by atoms with van der Waals surface area (Å²) in [4.78, 5) is 30.4. The molecule has 27 heavy (non-hydrogen) atoms. The highest BCUT2D eigenvalue weighted by Crippen LogP contribution is 2.37. The summed E-state index contributed by atoms with van der Waals surface area (Å²) in [6.45, 7) is 2.26. The monoisotopic (exact) mass is 368 g/mol. The lowest BCUT2D eigenvalue weighted by Crippen LogP contribution is -2.43. The van der Waals surface area contributed by atoms with Crippen LogP contribution in [0.5, 0.6) is 0 Å². The quantitative estimate of drug-likeness (QED) is 0.591. The van der Waals surface area contributed by atoms with Gasteiger partial charge in [0.05, 0.1) is 11.3 Å². The van der Waals surface area contributed by atoms with Crippen molar-refractivity contribution in [2.24, 2.45) is 5.92 Å². The Kier molecular flexibility index (Phi) is 4.68. The topological polar surface area (TPSA) is 81.3 Å². The summed E-state index contributed by atoms with van der Waals surface area (Å²) in [5.41, 5.74) is 0.737. The van der Waals surface area contributed by atoms with Gasteiger partial charge >= 0.3 is 0 Å². The number of imidazole rings is 1. The third-order valence-electron chi connectivity index (χ3n) is 5.76. The number of nitrogens with zero attached hydrogens (tertiary/aromatic N) is 4. The molecule has 1 heterocycles. The first-order valence-electron chi connectivity index (χ1n) is 9.64. The highest BCUT2D eigenvalue weighted by atomic mass is 16.6. The minimum atomic E-state index is -0.435. The van der Waals surface area contributed by atoms with E-state index < -0.39 is 4.92 Å². The third kappa shape index (κ3) is 3.59. The number of nitro groups is 1. The van der Waals surface area contributed by atoms with E-state index in [4.69, 9.17) is 0 Å². The Balaban J connectivity index is 1.64. The lowest BCUT2D eigenvalue weighted by atomic mass is 9.86. The highest BCUT2D eigenvalue weighted by molar-refractivity contribution is 5.96. The van der Waals surface area contributed by atoms with E-state index in [2.05, 4.69) is 11.9 Å². The molecular weight excluding hydrogens is 344 g/mol. The zero-order valence-electron chi connectivity index (χ0n) is 15.5. The number of aromatic nitrogens is 2. The molecule has 142 valence electrons. The molecule has 4 rings (SSSR count). The highest BCUT2D eigenvalue weighted by Gasteiger charge is 2.39. The van der Waals surface area contributed by atoms with Gasteiger partial charge in [-0.2, -0.15) is 0 Å². The van der Waals surface area contributed by atoms with Crippen LogP contribution in [0.15, 0.2) is 36.9 Å². The molecule has 0 spiro atoms. The van der Waals surface area contributed by atoms with Crippen LogP contribution in [0.3, 0.4) is 0 Å². The van der Waals surface area contributed by atoms with E-state index in [1.165, 1.54) is 12.4 Å². The molecule has 1 aromatic carbocycles. The maximum Gasteiger partial charge on any atom is 0.294 e. The molecule has 0 N–H and O–H groups in total. The number of rotatable bonds is 5. The van der Waals surface area contributed by atoms with Crippen molar-refractivity contribution in [2.75, 3.05) is 0 Å². The maximum absolute atomic E-state index is 13.3. The number of amides is 1. The minimum Gasteiger partial charge on any atom is -0.333 e. The second-order valence-electron chi connectivity index (χ2n) is 7.79. The van der Waals surface area contributed by atoms with E-state index in [9.17, 15) is 14.9 Å². The molecule has 2 fully saturated rings. The van der Waals surface area contributed by atoms with Crippen LogP contribution >= 0.6 is 0 Å². The molecule has 2 aromatic rings.